The Kier molecular flexibility index (Phi) is 6.48. The van der Waals surface area contributed by atoms with Gasteiger partial charge in [-0.2, -0.15) is 0 Å². The number of benzene rings is 2. The van der Waals surface area contributed by atoms with Gasteiger partial charge in [0.25, 0.3) is 0 Å². The van der Waals surface area contributed by atoms with Crippen LogP contribution in [0.2, 0.25) is 0 Å². The van der Waals surface area contributed by atoms with Crippen LogP contribution in [0, 0.1) is 0 Å². The van der Waals surface area contributed by atoms with E-state index in [9.17, 15) is 0 Å². The maximum atomic E-state index is 5.67. The average Bonchev–Trinajstić information content (AvgIpc) is 2.52. The molecule has 2 aromatic carbocycles. The van der Waals surface area contributed by atoms with Crippen molar-refractivity contribution in [2.24, 2.45) is 0 Å². The van der Waals surface area contributed by atoms with Gasteiger partial charge < -0.3 is 10.1 Å². The predicted molar refractivity (Wildman–Crippen MR) is 86.5 cm³/mol. The van der Waals surface area contributed by atoms with Crippen LogP contribution in [0.25, 0.3) is 0 Å². The lowest BCUT2D eigenvalue weighted by Crippen LogP contribution is -2.11. The molecule has 0 bridgehead atoms. The number of nitrogens with one attached hydrogen (secondary N) is 1. The molecule has 0 spiro atoms. The van der Waals surface area contributed by atoms with E-state index < -0.39 is 0 Å². The zero-order chi connectivity index (χ0) is 14.0. The number of rotatable bonds is 8. The SMILES string of the molecule is CCNCc1ccc(SCCOc2ccccc2)cc1. The van der Waals surface area contributed by atoms with Crippen molar-refractivity contribution in [3.05, 3.63) is 60.2 Å². The molecule has 0 unspecified atom stereocenters. The molecule has 0 saturated heterocycles. The van der Waals surface area contributed by atoms with Gasteiger partial charge in [-0.1, -0.05) is 37.3 Å². The first-order valence-electron chi connectivity index (χ1n) is 6.99. The molecule has 0 atom stereocenters. The van der Waals surface area contributed by atoms with Crippen LogP contribution >= 0.6 is 11.8 Å². The van der Waals surface area contributed by atoms with E-state index in [0.29, 0.717) is 0 Å². The summed E-state index contributed by atoms with van der Waals surface area (Å²) in [6.45, 7) is 4.80. The van der Waals surface area contributed by atoms with Gasteiger partial charge in [0, 0.05) is 17.2 Å². The Morgan fingerprint density at radius 3 is 2.45 bits per heavy atom. The molecule has 0 saturated carbocycles. The smallest absolute Gasteiger partial charge is 0.119 e. The third kappa shape index (κ3) is 5.27. The molecule has 2 aromatic rings. The topological polar surface area (TPSA) is 21.3 Å². The van der Waals surface area contributed by atoms with E-state index >= 15 is 0 Å². The average molecular weight is 287 g/mol. The van der Waals surface area contributed by atoms with Crippen molar-refractivity contribution >= 4 is 11.8 Å². The van der Waals surface area contributed by atoms with Crippen molar-refractivity contribution < 1.29 is 4.74 Å². The molecule has 3 heteroatoms. The summed E-state index contributed by atoms with van der Waals surface area (Å²) in [5.41, 5.74) is 1.33. The zero-order valence-electron chi connectivity index (χ0n) is 11.8. The van der Waals surface area contributed by atoms with Gasteiger partial charge in [-0.05, 0) is 36.4 Å². The first-order valence-corrected chi connectivity index (χ1v) is 7.97. The highest BCUT2D eigenvalue weighted by atomic mass is 32.2. The lowest BCUT2D eigenvalue weighted by atomic mass is 10.2. The molecule has 0 fully saturated rings. The third-order valence-corrected chi connectivity index (χ3v) is 3.84. The van der Waals surface area contributed by atoms with Crippen LogP contribution in [0.3, 0.4) is 0 Å². The van der Waals surface area contributed by atoms with Crippen LogP contribution in [0.15, 0.2) is 59.5 Å². The van der Waals surface area contributed by atoms with Crippen LogP contribution in [0.5, 0.6) is 5.75 Å². The van der Waals surface area contributed by atoms with Crippen molar-refractivity contribution in [3.63, 3.8) is 0 Å². The number of hydrogen-bond donors (Lipinski definition) is 1. The van der Waals surface area contributed by atoms with Gasteiger partial charge in [-0.25, -0.2) is 0 Å². The predicted octanol–water partition coefficient (Wildman–Crippen LogP) is 3.97. The largest absolute Gasteiger partial charge is 0.493 e. The van der Waals surface area contributed by atoms with Crippen LogP contribution in [0.4, 0.5) is 0 Å². The molecule has 0 aliphatic heterocycles. The van der Waals surface area contributed by atoms with Gasteiger partial charge in [0.15, 0.2) is 0 Å². The third-order valence-electron chi connectivity index (χ3n) is 2.87. The second kappa shape index (κ2) is 8.67. The molecule has 0 aromatic heterocycles. The summed E-state index contributed by atoms with van der Waals surface area (Å²) in [6.07, 6.45) is 0. The van der Waals surface area contributed by atoms with Gasteiger partial charge in [-0.15, -0.1) is 11.8 Å². The van der Waals surface area contributed by atoms with E-state index in [0.717, 1.165) is 31.2 Å². The molecular weight excluding hydrogens is 266 g/mol. The number of hydrogen-bond acceptors (Lipinski definition) is 3. The van der Waals surface area contributed by atoms with E-state index in [1.807, 2.05) is 42.1 Å². The van der Waals surface area contributed by atoms with Crippen molar-refractivity contribution in [1.82, 2.24) is 5.32 Å². The van der Waals surface area contributed by atoms with E-state index in [-0.39, 0.29) is 0 Å². The quantitative estimate of drug-likeness (QED) is 0.586. The Bertz CT molecular complexity index is 484. The molecule has 106 valence electrons. The molecule has 0 aliphatic carbocycles. The van der Waals surface area contributed by atoms with E-state index in [1.165, 1.54) is 10.5 Å². The Balaban J connectivity index is 1.69. The van der Waals surface area contributed by atoms with Crippen molar-refractivity contribution in [2.75, 3.05) is 18.9 Å². The van der Waals surface area contributed by atoms with Crippen LogP contribution in [0.1, 0.15) is 12.5 Å². The fraction of sp³-hybridized carbons (Fsp3) is 0.294. The van der Waals surface area contributed by atoms with Crippen molar-refractivity contribution in [1.29, 1.82) is 0 Å². The fourth-order valence-corrected chi connectivity index (χ4v) is 2.54. The fourth-order valence-electron chi connectivity index (χ4n) is 1.81. The normalized spacial score (nSPS) is 10.4. The number of para-hydroxylation sites is 1. The van der Waals surface area contributed by atoms with Crippen LogP contribution < -0.4 is 10.1 Å². The van der Waals surface area contributed by atoms with Gasteiger partial charge in [0.1, 0.15) is 5.75 Å². The molecule has 2 rings (SSSR count). The highest BCUT2D eigenvalue weighted by Gasteiger charge is 1.97. The summed E-state index contributed by atoms with van der Waals surface area (Å²) < 4.78 is 5.67. The molecule has 0 radical (unpaired) electrons. The summed E-state index contributed by atoms with van der Waals surface area (Å²) >= 11 is 1.83. The maximum absolute atomic E-state index is 5.67. The van der Waals surface area contributed by atoms with E-state index in [2.05, 4.69) is 36.5 Å². The first kappa shape index (κ1) is 14.9. The van der Waals surface area contributed by atoms with Gasteiger partial charge in [0.2, 0.25) is 0 Å². The molecule has 1 N–H and O–H groups in total. The van der Waals surface area contributed by atoms with Crippen LogP contribution in [-0.2, 0) is 6.54 Å². The van der Waals surface area contributed by atoms with Gasteiger partial charge in [0.05, 0.1) is 6.61 Å². The standard InChI is InChI=1S/C17H21NOS/c1-2-18-14-15-8-10-17(11-9-15)20-13-12-19-16-6-4-3-5-7-16/h3-11,18H,2,12-14H2,1H3. The first-order chi connectivity index (χ1) is 9.88. The zero-order valence-corrected chi connectivity index (χ0v) is 12.7. The monoisotopic (exact) mass is 287 g/mol. The van der Waals surface area contributed by atoms with Crippen molar-refractivity contribution in [3.8, 4) is 5.75 Å². The highest BCUT2D eigenvalue weighted by Crippen LogP contribution is 2.18. The lowest BCUT2D eigenvalue weighted by molar-refractivity contribution is 0.344. The second-order valence-electron chi connectivity index (χ2n) is 4.43. The molecule has 2 nitrogen and oxygen atoms in total. The highest BCUT2D eigenvalue weighted by molar-refractivity contribution is 7.99. The summed E-state index contributed by atoms with van der Waals surface area (Å²) in [7, 11) is 0. The molecular formula is C17H21NOS. The van der Waals surface area contributed by atoms with Gasteiger partial charge >= 0.3 is 0 Å². The maximum Gasteiger partial charge on any atom is 0.119 e. The van der Waals surface area contributed by atoms with Crippen LogP contribution in [-0.4, -0.2) is 18.9 Å². The Morgan fingerprint density at radius 1 is 1.00 bits per heavy atom. The second-order valence-corrected chi connectivity index (χ2v) is 5.60. The Labute approximate surface area is 125 Å². The lowest BCUT2D eigenvalue weighted by Gasteiger charge is -2.06. The minimum Gasteiger partial charge on any atom is -0.493 e. The summed E-state index contributed by atoms with van der Waals surface area (Å²) in [5, 5.41) is 3.33. The number of thioether (sulfide) groups is 1. The minimum absolute atomic E-state index is 0.730. The molecule has 0 aliphatic rings. The minimum atomic E-state index is 0.730. The molecule has 0 amide bonds. The van der Waals surface area contributed by atoms with E-state index in [1.54, 1.807) is 0 Å². The molecule has 0 heterocycles. The van der Waals surface area contributed by atoms with Crippen molar-refractivity contribution in [2.45, 2.75) is 18.4 Å². The summed E-state index contributed by atoms with van der Waals surface area (Å²) in [4.78, 5) is 1.29. The Morgan fingerprint density at radius 2 is 1.75 bits per heavy atom. The Hall–Kier alpha value is -1.45. The van der Waals surface area contributed by atoms with E-state index in [4.69, 9.17) is 4.74 Å². The summed E-state index contributed by atoms with van der Waals surface area (Å²) in [5.74, 6) is 1.90. The molecule has 20 heavy (non-hydrogen) atoms. The summed E-state index contributed by atoms with van der Waals surface area (Å²) in [6, 6.07) is 18.7. The number of ether oxygens (including phenoxy) is 1. The van der Waals surface area contributed by atoms with Gasteiger partial charge in [-0.3, -0.25) is 0 Å².